The van der Waals surface area contributed by atoms with Gasteiger partial charge in [-0.1, -0.05) is 20.3 Å². The minimum atomic E-state index is -0.241. The molecule has 0 amide bonds. The highest BCUT2D eigenvalue weighted by Gasteiger charge is 2.80. The van der Waals surface area contributed by atoms with E-state index in [2.05, 4.69) is 20.8 Å². The van der Waals surface area contributed by atoms with Crippen molar-refractivity contribution in [1.82, 2.24) is 0 Å². The van der Waals surface area contributed by atoms with E-state index in [0.717, 1.165) is 24.2 Å². The van der Waals surface area contributed by atoms with Gasteiger partial charge in [0.05, 0.1) is 12.5 Å². The second-order valence-corrected chi connectivity index (χ2v) is 10.5. The Morgan fingerprint density at radius 2 is 1.70 bits per heavy atom. The van der Waals surface area contributed by atoms with E-state index >= 15 is 0 Å². The molecule has 0 aromatic rings. The molecule has 6 aliphatic rings. The van der Waals surface area contributed by atoms with Gasteiger partial charge in [0, 0.05) is 0 Å². The third-order valence-corrected chi connectivity index (χ3v) is 10.2. The van der Waals surface area contributed by atoms with Crippen molar-refractivity contribution in [2.75, 3.05) is 7.11 Å². The molecule has 8 atom stereocenters. The van der Waals surface area contributed by atoms with Crippen LogP contribution in [0.5, 0.6) is 0 Å². The number of ether oxygens (including phenoxy) is 1. The number of hydrogen-bond acceptors (Lipinski definition) is 2. The first-order valence-corrected chi connectivity index (χ1v) is 9.90. The molecule has 0 heterocycles. The molecule has 6 fully saturated rings. The fourth-order valence-corrected chi connectivity index (χ4v) is 9.01. The molecular formula is C21H32O2. The van der Waals surface area contributed by atoms with Gasteiger partial charge in [0.25, 0.3) is 0 Å². The summed E-state index contributed by atoms with van der Waals surface area (Å²) in [6.07, 6.45) is 10.6. The van der Waals surface area contributed by atoms with Gasteiger partial charge in [-0.25, -0.2) is 0 Å². The minimum absolute atomic E-state index is 0.0621. The highest BCUT2D eigenvalue weighted by atomic mass is 16.5. The first-order chi connectivity index (χ1) is 10.8. The lowest BCUT2D eigenvalue weighted by Crippen LogP contribution is -2.62. The van der Waals surface area contributed by atoms with Gasteiger partial charge in [-0.15, -0.1) is 0 Å². The van der Waals surface area contributed by atoms with Crippen LogP contribution >= 0.6 is 0 Å². The lowest BCUT2D eigenvalue weighted by molar-refractivity contribution is -0.204. The molecule has 6 aliphatic carbocycles. The summed E-state index contributed by atoms with van der Waals surface area (Å²) in [7, 11) is 1.58. The van der Waals surface area contributed by atoms with E-state index in [-0.39, 0.29) is 11.4 Å². The second-order valence-electron chi connectivity index (χ2n) is 10.5. The van der Waals surface area contributed by atoms with Gasteiger partial charge in [-0.05, 0) is 91.8 Å². The second kappa shape index (κ2) is 3.99. The highest BCUT2D eigenvalue weighted by molar-refractivity contribution is 5.77. The van der Waals surface area contributed by atoms with E-state index < -0.39 is 0 Å². The predicted octanol–water partition coefficient (Wildman–Crippen LogP) is 4.82. The van der Waals surface area contributed by atoms with E-state index in [4.69, 9.17) is 4.74 Å². The van der Waals surface area contributed by atoms with Crippen LogP contribution in [0.1, 0.15) is 72.1 Å². The molecule has 128 valence electrons. The lowest BCUT2D eigenvalue weighted by atomic mass is 9.37. The van der Waals surface area contributed by atoms with Gasteiger partial charge < -0.3 is 4.74 Å². The number of hydrogen-bond donors (Lipinski definition) is 0. The van der Waals surface area contributed by atoms with Crippen LogP contribution in [0.15, 0.2) is 0 Å². The normalized spacial score (nSPS) is 62.3. The Bertz CT molecular complexity index is 568. The molecule has 0 saturated heterocycles. The van der Waals surface area contributed by atoms with E-state index in [1.54, 1.807) is 7.11 Å². The molecule has 23 heavy (non-hydrogen) atoms. The van der Waals surface area contributed by atoms with Gasteiger partial charge in [0.15, 0.2) is 0 Å². The van der Waals surface area contributed by atoms with Crippen molar-refractivity contribution in [3.05, 3.63) is 0 Å². The summed E-state index contributed by atoms with van der Waals surface area (Å²) in [5.74, 6) is 3.56. The summed E-state index contributed by atoms with van der Waals surface area (Å²) in [5, 5.41) is 0. The molecule has 0 aromatic carbocycles. The fourth-order valence-electron chi connectivity index (χ4n) is 9.01. The number of carbonyl (C=O) groups is 1. The van der Waals surface area contributed by atoms with Gasteiger partial charge in [0.2, 0.25) is 0 Å². The Balaban J connectivity index is 1.58. The number of carbonyl (C=O) groups excluding carboxylic acids is 1. The lowest BCUT2D eigenvalue weighted by Gasteiger charge is -2.67. The Morgan fingerprint density at radius 3 is 2.35 bits per heavy atom. The zero-order valence-electron chi connectivity index (χ0n) is 15.3. The van der Waals surface area contributed by atoms with E-state index in [9.17, 15) is 4.79 Å². The fraction of sp³-hybridized carbons (Fsp3) is 0.952. The van der Waals surface area contributed by atoms with Gasteiger partial charge in [-0.2, -0.15) is 0 Å². The third kappa shape index (κ3) is 1.39. The van der Waals surface area contributed by atoms with Gasteiger partial charge in [-0.3, -0.25) is 4.79 Å². The predicted molar refractivity (Wildman–Crippen MR) is 89.7 cm³/mol. The summed E-state index contributed by atoms with van der Waals surface area (Å²) < 4.78 is 5.28. The van der Waals surface area contributed by atoms with Crippen molar-refractivity contribution < 1.29 is 9.53 Å². The zero-order chi connectivity index (χ0) is 16.3. The highest BCUT2D eigenvalue weighted by Crippen LogP contribution is 2.86. The molecule has 6 saturated carbocycles. The Morgan fingerprint density at radius 1 is 1.00 bits per heavy atom. The Kier molecular flexibility index (Phi) is 2.57. The molecular weight excluding hydrogens is 284 g/mol. The Hall–Kier alpha value is -0.530. The SMILES string of the molecule is COC(=O)[C@]1(C)CCC[C@]2(C)[C@@H]1CC[C@H]1CC3(C)[C@@H]4CC12C[C@@H]43. The average Bonchev–Trinajstić information content (AvgIpc) is 2.90. The molecule has 0 radical (unpaired) electrons. The van der Waals surface area contributed by atoms with Crippen molar-refractivity contribution in [2.45, 2.75) is 72.1 Å². The molecule has 1 spiro atoms. The van der Waals surface area contributed by atoms with Crippen molar-refractivity contribution >= 4 is 5.97 Å². The average molecular weight is 316 g/mol. The number of fused-ring (bicyclic) bond motifs is 1. The van der Waals surface area contributed by atoms with Crippen molar-refractivity contribution in [1.29, 1.82) is 0 Å². The van der Waals surface area contributed by atoms with Crippen LogP contribution < -0.4 is 0 Å². The largest absolute Gasteiger partial charge is 0.469 e. The first kappa shape index (κ1) is 14.8. The van der Waals surface area contributed by atoms with Crippen LogP contribution in [0.25, 0.3) is 0 Å². The summed E-state index contributed by atoms with van der Waals surface area (Å²) in [6.45, 7) is 7.37. The maximum absolute atomic E-state index is 12.7. The molecule has 6 rings (SSSR count). The maximum Gasteiger partial charge on any atom is 0.311 e. The molecule has 2 nitrogen and oxygen atoms in total. The third-order valence-electron chi connectivity index (χ3n) is 10.2. The van der Waals surface area contributed by atoms with E-state index in [0.29, 0.717) is 22.2 Å². The smallest absolute Gasteiger partial charge is 0.311 e. The quantitative estimate of drug-likeness (QED) is 0.648. The standard InChI is InChI=1S/C21H32O2/c1-18(17(22)23-4)8-5-9-20(3)16(18)7-6-13-10-19(2)14-11-21(13,20)12-15(14)19/h13-16H,5-12H2,1-4H3/t13-,14-,15+,16+,18+,19?,20+,21?/m0/s1. The molecule has 4 bridgehead atoms. The summed E-state index contributed by atoms with van der Waals surface area (Å²) >= 11 is 0. The van der Waals surface area contributed by atoms with Gasteiger partial charge in [0.1, 0.15) is 0 Å². The summed E-state index contributed by atoms with van der Waals surface area (Å²) in [4.78, 5) is 12.7. The van der Waals surface area contributed by atoms with Crippen LogP contribution in [0.2, 0.25) is 0 Å². The van der Waals surface area contributed by atoms with Crippen molar-refractivity contribution in [3.8, 4) is 0 Å². The molecule has 2 unspecified atom stereocenters. The maximum atomic E-state index is 12.7. The van der Waals surface area contributed by atoms with Crippen molar-refractivity contribution in [3.63, 3.8) is 0 Å². The van der Waals surface area contributed by atoms with Crippen LogP contribution in [0, 0.1) is 45.3 Å². The van der Waals surface area contributed by atoms with Crippen LogP contribution in [0.4, 0.5) is 0 Å². The molecule has 0 aliphatic heterocycles. The summed E-state index contributed by atoms with van der Waals surface area (Å²) in [5.41, 5.74) is 1.38. The molecule has 2 heteroatoms. The van der Waals surface area contributed by atoms with Gasteiger partial charge >= 0.3 is 5.97 Å². The van der Waals surface area contributed by atoms with Crippen LogP contribution in [-0.4, -0.2) is 13.1 Å². The topological polar surface area (TPSA) is 26.3 Å². The van der Waals surface area contributed by atoms with Crippen LogP contribution in [0.3, 0.4) is 0 Å². The van der Waals surface area contributed by atoms with E-state index in [1.165, 1.54) is 44.9 Å². The number of rotatable bonds is 1. The molecule has 0 aromatic heterocycles. The zero-order valence-corrected chi connectivity index (χ0v) is 15.3. The minimum Gasteiger partial charge on any atom is -0.469 e. The van der Waals surface area contributed by atoms with Crippen LogP contribution in [-0.2, 0) is 9.53 Å². The Labute approximate surface area is 140 Å². The number of methoxy groups -OCH3 is 1. The van der Waals surface area contributed by atoms with Crippen molar-refractivity contribution in [2.24, 2.45) is 45.3 Å². The van der Waals surface area contributed by atoms with E-state index in [1.807, 2.05) is 0 Å². The number of esters is 1. The first-order valence-electron chi connectivity index (χ1n) is 9.90. The molecule has 0 N–H and O–H groups in total. The monoisotopic (exact) mass is 316 g/mol. The summed E-state index contributed by atoms with van der Waals surface area (Å²) in [6, 6.07) is 0.